The van der Waals surface area contributed by atoms with E-state index in [9.17, 15) is 0 Å². The van der Waals surface area contributed by atoms with E-state index < -0.39 is 0 Å². The Hall–Kier alpha value is -2.62. The van der Waals surface area contributed by atoms with Gasteiger partial charge in [0.25, 0.3) is 0 Å². The van der Waals surface area contributed by atoms with Crippen LogP contribution in [-0.4, -0.2) is 27.3 Å². The average Bonchev–Trinajstić information content (AvgIpc) is 3.09. The molecule has 1 aliphatic rings. The van der Waals surface area contributed by atoms with Gasteiger partial charge in [-0.1, -0.05) is 42.5 Å². The molecular formula is C23H29IN6O. The maximum absolute atomic E-state index is 5.81. The number of halogens is 1. The Morgan fingerprint density at radius 3 is 2.68 bits per heavy atom. The molecule has 7 nitrogen and oxygen atoms in total. The van der Waals surface area contributed by atoms with Crippen LogP contribution in [0.5, 0.6) is 5.75 Å². The van der Waals surface area contributed by atoms with Gasteiger partial charge in [-0.05, 0) is 31.0 Å². The fourth-order valence-electron chi connectivity index (χ4n) is 3.53. The van der Waals surface area contributed by atoms with Gasteiger partial charge in [0, 0.05) is 19.0 Å². The summed E-state index contributed by atoms with van der Waals surface area (Å²) in [5.41, 5.74) is 3.60. The van der Waals surface area contributed by atoms with Gasteiger partial charge >= 0.3 is 0 Å². The van der Waals surface area contributed by atoms with Gasteiger partial charge in [0.1, 0.15) is 11.6 Å². The van der Waals surface area contributed by atoms with Crippen LogP contribution in [0.4, 0.5) is 0 Å². The van der Waals surface area contributed by atoms with Gasteiger partial charge in [0.2, 0.25) is 0 Å². The average molecular weight is 532 g/mol. The van der Waals surface area contributed by atoms with Crippen molar-refractivity contribution in [3.05, 3.63) is 76.9 Å². The van der Waals surface area contributed by atoms with E-state index in [0.717, 1.165) is 35.3 Å². The van der Waals surface area contributed by atoms with Crippen molar-refractivity contribution in [1.29, 1.82) is 0 Å². The highest BCUT2D eigenvalue weighted by molar-refractivity contribution is 14.0. The van der Waals surface area contributed by atoms with Crippen LogP contribution in [0.15, 0.2) is 53.5 Å². The van der Waals surface area contributed by atoms with Crippen LogP contribution in [0.3, 0.4) is 0 Å². The number of nitrogens with one attached hydrogen (secondary N) is 2. The summed E-state index contributed by atoms with van der Waals surface area (Å²) in [5, 5.41) is 15.4. The van der Waals surface area contributed by atoms with Crippen LogP contribution in [-0.2, 0) is 20.1 Å². The molecular weight excluding hydrogens is 503 g/mol. The lowest BCUT2D eigenvalue weighted by Gasteiger charge is -2.28. The molecule has 4 rings (SSSR count). The van der Waals surface area contributed by atoms with E-state index in [0.29, 0.717) is 19.7 Å². The minimum Gasteiger partial charge on any atom is -0.493 e. The molecule has 164 valence electrons. The van der Waals surface area contributed by atoms with Crippen molar-refractivity contribution in [2.45, 2.75) is 39.4 Å². The molecule has 1 atom stereocenters. The first kappa shape index (κ1) is 23.1. The van der Waals surface area contributed by atoms with Crippen molar-refractivity contribution in [2.75, 3.05) is 6.61 Å². The summed E-state index contributed by atoms with van der Waals surface area (Å²) in [4.78, 5) is 4.87. The summed E-state index contributed by atoms with van der Waals surface area (Å²) in [7, 11) is 1.97. The first-order valence-electron chi connectivity index (χ1n) is 10.3. The van der Waals surface area contributed by atoms with Crippen molar-refractivity contribution in [3.63, 3.8) is 0 Å². The van der Waals surface area contributed by atoms with E-state index in [1.165, 1.54) is 11.1 Å². The van der Waals surface area contributed by atoms with Crippen LogP contribution in [0.2, 0.25) is 0 Å². The zero-order valence-corrected chi connectivity index (χ0v) is 20.5. The number of hydrogen-bond acceptors (Lipinski definition) is 4. The highest BCUT2D eigenvalue weighted by atomic mass is 127. The second kappa shape index (κ2) is 10.6. The Labute approximate surface area is 200 Å². The second-order valence-corrected chi connectivity index (χ2v) is 7.54. The Kier molecular flexibility index (Phi) is 7.89. The first-order valence-corrected chi connectivity index (χ1v) is 10.3. The van der Waals surface area contributed by atoms with E-state index in [2.05, 4.69) is 58.1 Å². The molecule has 0 spiro atoms. The summed E-state index contributed by atoms with van der Waals surface area (Å²) < 4.78 is 7.79. The number of aryl methyl sites for hydroxylation is 2. The number of nitrogens with zero attached hydrogens (tertiary/aromatic N) is 4. The summed E-state index contributed by atoms with van der Waals surface area (Å²) in [6.07, 6.45) is 0.880. The number of aromatic nitrogens is 3. The van der Waals surface area contributed by atoms with Crippen LogP contribution in [0, 0.1) is 13.8 Å². The molecule has 2 aromatic carbocycles. The van der Waals surface area contributed by atoms with Crippen molar-refractivity contribution in [2.24, 2.45) is 12.0 Å². The molecule has 0 radical (unpaired) electrons. The van der Waals surface area contributed by atoms with E-state index in [-0.39, 0.29) is 30.0 Å². The zero-order valence-electron chi connectivity index (χ0n) is 18.1. The van der Waals surface area contributed by atoms with Gasteiger partial charge < -0.3 is 19.9 Å². The van der Waals surface area contributed by atoms with Crippen molar-refractivity contribution < 1.29 is 4.74 Å². The molecule has 1 aliphatic heterocycles. The number of hydrogen-bond donors (Lipinski definition) is 2. The number of fused-ring (bicyclic) bond motifs is 1. The van der Waals surface area contributed by atoms with Gasteiger partial charge in [-0.15, -0.1) is 34.2 Å². The first-order chi connectivity index (χ1) is 14.6. The Morgan fingerprint density at radius 1 is 1.13 bits per heavy atom. The minimum absolute atomic E-state index is 0. The van der Waals surface area contributed by atoms with Gasteiger partial charge in [-0.25, -0.2) is 4.99 Å². The number of benzene rings is 2. The molecule has 0 amide bonds. The summed E-state index contributed by atoms with van der Waals surface area (Å²) in [5.74, 6) is 3.44. The lowest BCUT2D eigenvalue weighted by atomic mass is 10.0. The van der Waals surface area contributed by atoms with Gasteiger partial charge in [-0.3, -0.25) is 0 Å². The molecule has 1 unspecified atom stereocenters. The highest BCUT2D eigenvalue weighted by Gasteiger charge is 2.22. The monoisotopic (exact) mass is 532 g/mol. The summed E-state index contributed by atoms with van der Waals surface area (Å²) >= 11 is 0. The molecule has 0 saturated heterocycles. The quantitative estimate of drug-likeness (QED) is 0.297. The topological polar surface area (TPSA) is 76.4 Å². The lowest BCUT2D eigenvalue weighted by Crippen LogP contribution is -2.41. The number of para-hydroxylation sites is 1. The van der Waals surface area contributed by atoms with Crippen molar-refractivity contribution in [1.82, 2.24) is 25.4 Å². The second-order valence-electron chi connectivity index (χ2n) is 7.54. The fraction of sp³-hybridized carbons (Fsp3) is 0.348. The molecule has 2 heterocycles. The Morgan fingerprint density at radius 2 is 1.90 bits per heavy atom. The summed E-state index contributed by atoms with van der Waals surface area (Å²) in [6.45, 7) is 5.89. The van der Waals surface area contributed by atoms with Crippen molar-refractivity contribution >= 4 is 29.9 Å². The number of guanidine groups is 1. The number of rotatable bonds is 5. The van der Waals surface area contributed by atoms with Crippen LogP contribution < -0.4 is 15.4 Å². The molecule has 8 heteroatoms. The maximum atomic E-state index is 5.81. The molecule has 0 bridgehead atoms. The normalized spacial score (nSPS) is 15.5. The predicted molar refractivity (Wildman–Crippen MR) is 133 cm³/mol. The highest BCUT2D eigenvalue weighted by Crippen LogP contribution is 2.31. The molecule has 0 saturated carbocycles. The maximum Gasteiger partial charge on any atom is 0.192 e. The minimum atomic E-state index is 0. The third-order valence-electron chi connectivity index (χ3n) is 5.53. The fourth-order valence-corrected chi connectivity index (χ4v) is 3.53. The molecule has 0 aliphatic carbocycles. The molecule has 3 aromatic rings. The lowest BCUT2D eigenvalue weighted by molar-refractivity contribution is 0.261. The third-order valence-corrected chi connectivity index (χ3v) is 5.53. The summed E-state index contributed by atoms with van der Waals surface area (Å²) in [6, 6.07) is 16.6. The van der Waals surface area contributed by atoms with Gasteiger partial charge in [-0.2, -0.15) is 0 Å². The van der Waals surface area contributed by atoms with Gasteiger partial charge in [0.05, 0.1) is 25.7 Å². The van der Waals surface area contributed by atoms with E-state index in [1.807, 2.05) is 36.7 Å². The van der Waals surface area contributed by atoms with E-state index >= 15 is 0 Å². The Balaban J connectivity index is 0.00000272. The molecule has 2 N–H and O–H groups in total. The van der Waals surface area contributed by atoms with Crippen LogP contribution in [0.25, 0.3) is 0 Å². The van der Waals surface area contributed by atoms with E-state index in [1.54, 1.807) is 0 Å². The number of aliphatic imine (C=N–C) groups is 1. The zero-order chi connectivity index (χ0) is 20.9. The molecule has 1 aromatic heterocycles. The van der Waals surface area contributed by atoms with Crippen LogP contribution in [0.1, 0.15) is 40.8 Å². The molecule has 0 fully saturated rings. The Bertz CT molecular complexity index is 1050. The standard InChI is InChI=1S/C23H28N6O.HI/c1-16-8-4-5-9-18(16)14-24-23(25-15-22-28-27-17(2)29(22)3)26-20-12-13-30-21-11-7-6-10-19(20)21;/h4-11,20H,12-15H2,1-3H3,(H2,24,25,26);1H. The third kappa shape index (κ3) is 5.55. The smallest absolute Gasteiger partial charge is 0.192 e. The van der Waals surface area contributed by atoms with Crippen LogP contribution >= 0.6 is 24.0 Å². The number of ether oxygens (including phenoxy) is 1. The molecule has 31 heavy (non-hydrogen) atoms. The predicted octanol–water partition coefficient (Wildman–Crippen LogP) is 3.81. The van der Waals surface area contributed by atoms with E-state index in [4.69, 9.17) is 9.73 Å². The largest absolute Gasteiger partial charge is 0.493 e. The SMILES string of the molecule is Cc1ccccc1CN=C(NCc1nnc(C)n1C)NC1CCOc2ccccc21.I. The van der Waals surface area contributed by atoms with Crippen molar-refractivity contribution in [3.8, 4) is 5.75 Å². The van der Waals surface area contributed by atoms with Gasteiger partial charge in [0.15, 0.2) is 11.8 Å².